The predicted molar refractivity (Wildman–Crippen MR) is 605 cm³/mol. The quantitative estimate of drug-likeness (QED) is 0.119. The Kier molecular flexibility index (Phi) is 18.9. The topological polar surface area (TPSA) is 118 Å². The van der Waals surface area contributed by atoms with Crippen molar-refractivity contribution in [1.82, 2.24) is 48.6 Å². The van der Waals surface area contributed by atoms with E-state index >= 15 is 0 Å². The highest BCUT2D eigenvalue weighted by molar-refractivity contribution is 7.23. The Morgan fingerprint density at radius 1 is 0.205 bits per heavy atom. The lowest BCUT2D eigenvalue weighted by Crippen LogP contribution is -2.06. The van der Waals surface area contributed by atoms with Gasteiger partial charge in [0.05, 0.1) is 38.8 Å². The Morgan fingerprint density at radius 2 is 0.568 bits per heavy atom. The van der Waals surface area contributed by atoms with Crippen LogP contribution < -0.4 is 0 Å². The summed E-state index contributed by atoms with van der Waals surface area (Å²) >= 11 is 3.77. The molecular weight excluding hydrogens is 1820 g/mol. The lowest BCUT2D eigenvalue weighted by Gasteiger charge is -2.15. The van der Waals surface area contributed by atoms with Gasteiger partial charge in [-0.15, -0.1) is 22.7 Å². The number of furan rings is 1. The molecule has 0 spiro atoms. The van der Waals surface area contributed by atoms with E-state index in [1.807, 2.05) is 108 Å². The molecule has 0 unspecified atom stereocenters. The third-order valence-electron chi connectivity index (χ3n) is 29.3. The van der Waals surface area contributed by atoms with Crippen LogP contribution in [0.1, 0.15) is 0 Å². The standard InChI is InChI=1S/C51H30N4S.C45H26N4S.C37H22N2O/c1-4-15-31(16-5-1)48-44-39-26-13-12-25-38(39)40-30-34-21-10-11-24-37(34)47-43(40)45-41(27-28-42(56-48)46(44)45)55(47)36-23-14-22-35(29-36)51-53-49(32-17-6-2-7-18-32)52-50(54-51)33-19-8-3-9-20-33;1-4-14-27(15-5-1)42-38-33-23-13-12-22-32(33)34-26-30-20-10-11-21-31(30)41-37(34)39-35(24-25-36(50-42)40(38)39)49(41)45-47-43(28-16-6-2-7-17-28)46-44(48-45)29-18-8-3-9-19-29;1-3-11-23(12-4-1)28-18-10-20-32(38-28)39-29-19-9-17-26-25-15-7-8-16-27(25)34-36-31(22-21-30(39)35(36)33(26)29)40-37(34)24-13-5-2-6-14-24/h1-30H;1-26H;1-22H. The van der Waals surface area contributed by atoms with Crippen LogP contribution in [0.5, 0.6) is 0 Å². The van der Waals surface area contributed by atoms with E-state index in [2.05, 4.69) is 402 Å². The number of benzene rings is 20. The van der Waals surface area contributed by atoms with E-state index in [-0.39, 0.29) is 0 Å². The third-order valence-corrected chi connectivity index (χ3v) is 31.7. The first kappa shape index (κ1) is 82.8. The average molecular weight is 1900 g/mol. The number of thiophene rings is 2. The van der Waals surface area contributed by atoms with Crippen molar-refractivity contribution in [2.75, 3.05) is 0 Å². The molecule has 0 bridgehead atoms. The van der Waals surface area contributed by atoms with Crippen LogP contribution in [0.25, 0.3) is 303 Å². The molecular formula is C133H78N10OS2. The highest BCUT2D eigenvalue weighted by Gasteiger charge is 2.36. The van der Waals surface area contributed by atoms with Crippen LogP contribution in [0.2, 0.25) is 0 Å². The normalized spacial score (nSPS) is 12.0. The second-order valence-electron chi connectivity index (χ2n) is 37.4. The summed E-state index contributed by atoms with van der Waals surface area (Å²) in [4.78, 5) is 38.5. The molecule has 0 saturated heterocycles. The van der Waals surface area contributed by atoms with Crippen LogP contribution in [-0.2, 0) is 0 Å². The number of pyridine rings is 1. The molecule has 0 aliphatic heterocycles. The SMILES string of the molecule is c1ccc(-c2cccc(-n3c4cccc5c4c4c6c(c(-c7ccccc7)oc6ccc43)-c3ccccc3-5)n2)cc1.c1ccc(-c2nc(-c3ccccc3)nc(-c3cccc(-n4c5ccc6sc(-c7ccccc7)c7c6c5c5c(cc6ccccc6c54)-c4ccccc4-7)c3)n2)cc1.c1ccc(-c2nc(-c3ccccc3)nc(-n3c4ccc5sc(-c6ccccc6)c6c5c4c4c(cc5ccccc5c43)-c3ccccc3-6)n2)cc1. The molecule has 20 aromatic carbocycles. The summed E-state index contributed by atoms with van der Waals surface area (Å²) in [5.41, 5.74) is 34.1. The molecule has 11 nitrogen and oxygen atoms in total. The maximum atomic E-state index is 6.69. The summed E-state index contributed by atoms with van der Waals surface area (Å²) in [5, 5.41) is 16.1. The number of aromatic nitrogens is 10. The zero-order valence-corrected chi connectivity index (χ0v) is 79.9. The minimum absolute atomic E-state index is 0.605. The lowest BCUT2D eigenvalue weighted by molar-refractivity contribution is 0.632. The highest BCUT2D eigenvalue weighted by atomic mass is 32.1. The van der Waals surface area contributed by atoms with Gasteiger partial charge in [-0.3, -0.25) is 9.13 Å². The van der Waals surface area contributed by atoms with Crippen molar-refractivity contribution in [3.63, 3.8) is 0 Å². The molecule has 0 radical (unpaired) electrons. The summed E-state index contributed by atoms with van der Waals surface area (Å²) in [5.74, 6) is 5.64. The van der Waals surface area contributed by atoms with E-state index in [1.54, 1.807) is 0 Å². The molecule has 0 atom stereocenters. The second kappa shape index (κ2) is 33.3. The van der Waals surface area contributed by atoms with Gasteiger partial charge in [-0.2, -0.15) is 9.97 Å². The Hall–Kier alpha value is -19.1. The minimum atomic E-state index is 0.605. The Bertz CT molecular complexity index is 10300. The van der Waals surface area contributed by atoms with E-state index in [0.29, 0.717) is 35.1 Å². The molecule has 0 amide bonds. The van der Waals surface area contributed by atoms with Crippen LogP contribution in [0.15, 0.2) is 478 Å². The monoisotopic (exact) mass is 1890 g/mol. The summed E-state index contributed by atoms with van der Waals surface area (Å²) in [6, 6.07) is 167. The van der Waals surface area contributed by atoms with Gasteiger partial charge in [0.15, 0.2) is 29.1 Å². The lowest BCUT2D eigenvalue weighted by atomic mass is 9.92. The molecule has 13 heteroatoms. The van der Waals surface area contributed by atoms with Crippen molar-refractivity contribution in [2.24, 2.45) is 0 Å². The molecule has 3 aliphatic carbocycles. The van der Waals surface area contributed by atoms with E-state index in [0.717, 1.165) is 106 Å². The molecule has 146 heavy (non-hydrogen) atoms. The second-order valence-corrected chi connectivity index (χ2v) is 39.6. The fourth-order valence-corrected chi connectivity index (χ4v) is 25.6. The third kappa shape index (κ3) is 13.0. The first-order valence-electron chi connectivity index (χ1n) is 49.2. The zero-order chi connectivity index (χ0) is 95.7. The molecule has 678 valence electrons. The zero-order valence-electron chi connectivity index (χ0n) is 78.2. The van der Waals surface area contributed by atoms with Crippen LogP contribution in [0, 0.1) is 0 Å². The number of hydrogen-bond acceptors (Lipinski definition) is 10. The molecule has 9 aromatic heterocycles. The number of rotatable bonds is 12. The van der Waals surface area contributed by atoms with Crippen LogP contribution in [0.3, 0.4) is 0 Å². The minimum Gasteiger partial charge on any atom is -0.455 e. The van der Waals surface area contributed by atoms with Gasteiger partial charge in [0.25, 0.3) is 0 Å². The molecule has 0 saturated carbocycles. The molecule has 3 aliphatic rings. The smallest absolute Gasteiger partial charge is 0.238 e. The summed E-state index contributed by atoms with van der Waals surface area (Å²) in [7, 11) is 0. The van der Waals surface area contributed by atoms with Crippen LogP contribution in [0.4, 0.5) is 0 Å². The molecule has 0 fully saturated rings. The van der Waals surface area contributed by atoms with Gasteiger partial charge >= 0.3 is 0 Å². The molecule has 32 rings (SSSR count). The fourth-order valence-electron chi connectivity index (χ4n) is 23.1. The fraction of sp³-hybridized carbons (Fsp3) is 0. The summed E-state index contributed by atoms with van der Waals surface area (Å²) in [6.45, 7) is 0. The predicted octanol–water partition coefficient (Wildman–Crippen LogP) is 35.5. The molecule has 29 aromatic rings. The first-order chi connectivity index (χ1) is 72.5. The van der Waals surface area contributed by atoms with Gasteiger partial charge < -0.3 is 8.98 Å². The summed E-state index contributed by atoms with van der Waals surface area (Å²) < 4.78 is 16.3. The molecule has 9 heterocycles. The van der Waals surface area contributed by atoms with E-state index in [9.17, 15) is 0 Å². The Labute approximate surface area is 845 Å². The largest absolute Gasteiger partial charge is 0.455 e. The Balaban J connectivity index is 0.000000103. The molecule has 0 N–H and O–H groups in total. The van der Waals surface area contributed by atoms with Gasteiger partial charge in [0.1, 0.15) is 17.2 Å². The van der Waals surface area contributed by atoms with Gasteiger partial charge in [-0.05, 0) is 151 Å². The van der Waals surface area contributed by atoms with Crippen molar-refractivity contribution in [3.05, 3.63) is 473 Å². The van der Waals surface area contributed by atoms with Gasteiger partial charge in [-0.25, -0.2) is 24.9 Å². The van der Waals surface area contributed by atoms with Gasteiger partial charge in [0.2, 0.25) is 5.95 Å². The first-order valence-corrected chi connectivity index (χ1v) is 50.9. The number of fused-ring (bicyclic) bond motifs is 13. The van der Waals surface area contributed by atoms with Crippen molar-refractivity contribution >= 4 is 141 Å². The maximum absolute atomic E-state index is 6.69. The van der Waals surface area contributed by atoms with E-state index < -0.39 is 0 Å². The van der Waals surface area contributed by atoms with Crippen LogP contribution in [-0.4, -0.2) is 48.6 Å². The van der Waals surface area contributed by atoms with Crippen molar-refractivity contribution in [1.29, 1.82) is 0 Å². The Morgan fingerprint density at radius 3 is 1.08 bits per heavy atom. The number of hydrogen-bond donors (Lipinski definition) is 0. The number of nitrogens with zero attached hydrogens (tertiary/aromatic N) is 10. The van der Waals surface area contributed by atoms with E-state index in [4.69, 9.17) is 39.3 Å². The van der Waals surface area contributed by atoms with E-state index in [1.165, 1.54) is 162 Å². The van der Waals surface area contributed by atoms with Crippen molar-refractivity contribution in [3.8, 4) is 185 Å². The van der Waals surface area contributed by atoms with Gasteiger partial charge in [0, 0.05) is 140 Å². The van der Waals surface area contributed by atoms with Crippen molar-refractivity contribution in [2.45, 2.75) is 0 Å². The van der Waals surface area contributed by atoms with Crippen LogP contribution >= 0.6 is 22.7 Å². The van der Waals surface area contributed by atoms with Crippen molar-refractivity contribution < 1.29 is 4.42 Å². The maximum Gasteiger partial charge on any atom is 0.238 e. The van der Waals surface area contributed by atoms with Gasteiger partial charge in [-0.1, -0.05) is 394 Å². The average Bonchev–Trinajstić information content (AvgIpc) is 1.52. The summed E-state index contributed by atoms with van der Waals surface area (Å²) in [6.07, 6.45) is 0. The highest BCUT2D eigenvalue weighted by Crippen LogP contribution is 2.61.